The van der Waals surface area contributed by atoms with E-state index in [2.05, 4.69) is 0 Å². The maximum atomic E-state index is 11.0. The zero-order chi connectivity index (χ0) is 14.2. The van der Waals surface area contributed by atoms with E-state index in [1.165, 1.54) is 57.8 Å². The maximum Gasteiger partial charge on any atom is 0.330 e. The second-order valence-electron chi connectivity index (χ2n) is 4.91. The van der Waals surface area contributed by atoms with Gasteiger partial charge in [0.05, 0.1) is 6.61 Å². The lowest BCUT2D eigenvalue weighted by atomic mass is 10.1. The fourth-order valence-electron chi connectivity index (χ4n) is 2.01. The number of allylic oxidation sites excluding steroid dienone is 1. The van der Waals surface area contributed by atoms with Crippen molar-refractivity contribution in [1.29, 1.82) is 0 Å². The number of ether oxygens (including phenoxy) is 1. The normalized spacial score (nSPS) is 11.1. The topological polar surface area (TPSA) is 52.3 Å². The highest BCUT2D eigenvalue weighted by Crippen LogP contribution is 2.10. The van der Waals surface area contributed by atoms with Gasteiger partial charge in [-0.15, -0.1) is 0 Å². The van der Waals surface area contributed by atoms with Gasteiger partial charge in [-0.05, 0) is 32.7 Å². The Labute approximate surface area is 118 Å². The molecule has 0 saturated carbocycles. The SMILES string of the molecule is CCOC(=O)C=CCCCCCCCCCCCN. The highest BCUT2D eigenvalue weighted by molar-refractivity contribution is 5.81. The average molecular weight is 269 g/mol. The van der Waals surface area contributed by atoms with Crippen LogP contribution in [0.4, 0.5) is 0 Å². The first-order valence-corrected chi connectivity index (χ1v) is 7.84. The fraction of sp³-hybridized carbons (Fsp3) is 0.812. The highest BCUT2D eigenvalue weighted by atomic mass is 16.5. The summed E-state index contributed by atoms with van der Waals surface area (Å²) < 4.78 is 4.81. The van der Waals surface area contributed by atoms with Crippen LogP contribution in [-0.2, 0) is 9.53 Å². The Morgan fingerprint density at radius 2 is 1.47 bits per heavy atom. The highest BCUT2D eigenvalue weighted by Gasteiger charge is 1.93. The molecule has 0 aliphatic rings. The largest absolute Gasteiger partial charge is 0.463 e. The number of hydrogen-bond donors (Lipinski definition) is 1. The molecule has 3 heteroatoms. The predicted octanol–water partition coefficient (Wildman–Crippen LogP) is 3.97. The molecule has 0 bridgehead atoms. The molecule has 0 rings (SSSR count). The summed E-state index contributed by atoms with van der Waals surface area (Å²) in [7, 11) is 0. The van der Waals surface area contributed by atoms with Crippen LogP contribution < -0.4 is 5.73 Å². The number of carbonyl (C=O) groups excluding carboxylic acids is 1. The lowest BCUT2D eigenvalue weighted by molar-refractivity contribution is -0.137. The number of hydrogen-bond acceptors (Lipinski definition) is 3. The van der Waals surface area contributed by atoms with Crippen molar-refractivity contribution in [3.63, 3.8) is 0 Å². The van der Waals surface area contributed by atoms with Crippen molar-refractivity contribution >= 4 is 5.97 Å². The molecule has 0 spiro atoms. The van der Waals surface area contributed by atoms with E-state index in [1.807, 2.05) is 13.0 Å². The summed E-state index contributed by atoms with van der Waals surface area (Å²) in [4.78, 5) is 11.0. The van der Waals surface area contributed by atoms with Gasteiger partial charge in [0, 0.05) is 6.08 Å². The van der Waals surface area contributed by atoms with Gasteiger partial charge in [-0.3, -0.25) is 0 Å². The van der Waals surface area contributed by atoms with Crippen LogP contribution in [0.1, 0.15) is 71.1 Å². The van der Waals surface area contributed by atoms with Crippen molar-refractivity contribution in [2.45, 2.75) is 71.1 Å². The van der Waals surface area contributed by atoms with Crippen molar-refractivity contribution in [2.75, 3.05) is 13.2 Å². The van der Waals surface area contributed by atoms with Crippen LogP contribution >= 0.6 is 0 Å². The van der Waals surface area contributed by atoms with Crippen LogP contribution in [0.3, 0.4) is 0 Å². The van der Waals surface area contributed by atoms with Gasteiger partial charge in [0.2, 0.25) is 0 Å². The second kappa shape index (κ2) is 15.2. The molecule has 0 aliphatic carbocycles. The molecule has 0 fully saturated rings. The molecular weight excluding hydrogens is 238 g/mol. The molecule has 0 aliphatic heterocycles. The van der Waals surface area contributed by atoms with E-state index < -0.39 is 0 Å². The van der Waals surface area contributed by atoms with Crippen LogP contribution in [0.2, 0.25) is 0 Å². The van der Waals surface area contributed by atoms with Gasteiger partial charge in [0.15, 0.2) is 0 Å². The Morgan fingerprint density at radius 3 is 2.00 bits per heavy atom. The second-order valence-corrected chi connectivity index (χ2v) is 4.91. The van der Waals surface area contributed by atoms with E-state index >= 15 is 0 Å². The first-order valence-electron chi connectivity index (χ1n) is 7.84. The third-order valence-electron chi connectivity index (χ3n) is 3.12. The molecule has 112 valence electrons. The molecule has 0 aromatic heterocycles. The van der Waals surface area contributed by atoms with Gasteiger partial charge < -0.3 is 10.5 Å². The number of esters is 1. The summed E-state index contributed by atoms with van der Waals surface area (Å²) in [5.74, 6) is -0.222. The molecule has 2 N–H and O–H groups in total. The Kier molecular flexibility index (Phi) is 14.6. The number of nitrogens with two attached hydrogens (primary N) is 1. The van der Waals surface area contributed by atoms with Gasteiger partial charge in [-0.25, -0.2) is 4.79 Å². The van der Waals surface area contributed by atoms with Crippen molar-refractivity contribution in [3.8, 4) is 0 Å². The van der Waals surface area contributed by atoms with Crippen molar-refractivity contribution in [1.82, 2.24) is 0 Å². The molecule has 3 nitrogen and oxygen atoms in total. The summed E-state index contributed by atoms with van der Waals surface area (Å²) in [6.45, 7) is 3.11. The van der Waals surface area contributed by atoms with E-state index in [4.69, 9.17) is 10.5 Å². The van der Waals surface area contributed by atoms with Crippen molar-refractivity contribution in [3.05, 3.63) is 12.2 Å². The third-order valence-corrected chi connectivity index (χ3v) is 3.12. The number of carbonyl (C=O) groups is 1. The van der Waals surface area contributed by atoms with Crippen LogP contribution in [0.15, 0.2) is 12.2 Å². The van der Waals surface area contributed by atoms with Gasteiger partial charge in [0.25, 0.3) is 0 Å². The molecule has 19 heavy (non-hydrogen) atoms. The summed E-state index contributed by atoms with van der Waals surface area (Å²) in [5.41, 5.74) is 5.45. The Bertz CT molecular complexity index is 227. The lowest BCUT2D eigenvalue weighted by Gasteiger charge is -2.01. The maximum absolute atomic E-state index is 11.0. The van der Waals surface area contributed by atoms with E-state index in [0.717, 1.165) is 13.0 Å². The molecule has 0 radical (unpaired) electrons. The van der Waals surface area contributed by atoms with Gasteiger partial charge >= 0.3 is 5.97 Å². The number of unbranched alkanes of at least 4 members (excludes halogenated alkanes) is 9. The minimum Gasteiger partial charge on any atom is -0.463 e. The van der Waals surface area contributed by atoms with Crippen LogP contribution in [-0.4, -0.2) is 19.1 Å². The van der Waals surface area contributed by atoms with E-state index in [0.29, 0.717) is 6.61 Å². The Morgan fingerprint density at radius 1 is 0.947 bits per heavy atom. The van der Waals surface area contributed by atoms with Crippen molar-refractivity contribution < 1.29 is 9.53 Å². The van der Waals surface area contributed by atoms with Crippen molar-refractivity contribution in [2.24, 2.45) is 5.73 Å². The predicted molar refractivity (Wildman–Crippen MR) is 81.0 cm³/mol. The van der Waals surface area contributed by atoms with Crippen LogP contribution in [0.25, 0.3) is 0 Å². The molecule has 0 saturated heterocycles. The first kappa shape index (κ1) is 18.2. The van der Waals surface area contributed by atoms with E-state index in [1.54, 1.807) is 6.08 Å². The Hall–Kier alpha value is -0.830. The quantitative estimate of drug-likeness (QED) is 0.313. The standard InChI is InChI=1S/C16H31NO2/c1-2-19-16(18)14-12-10-8-6-4-3-5-7-9-11-13-15-17/h12,14H,2-11,13,15,17H2,1H3. The molecular formula is C16H31NO2. The molecule has 0 unspecified atom stereocenters. The summed E-state index contributed by atoms with van der Waals surface area (Å²) in [5, 5.41) is 0. The molecule has 0 amide bonds. The minimum atomic E-state index is -0.222. The summed E-state index contributed by atoms with van der Waals surface area (Å²) in [6, 6.07) is 0. The van der Waals surface area contributed by atoms with Gasteiger partial charge in [-0.1, -0.05) is 51.0 Å². The van der Waals surface area contributed by atoms with Gasteiger partial charge in [0.1, 0.15) is 0 Å². The third kappa shape index (κ3) is 15.1. The van der Waals surface area contributed by atoms with Crippen LogP contribution in [0.5, 0.6) is 0 Å². The zero-order valence-corrected chi connectivity index (χ0v) is 12.5. The first-order chi connectivity index (χ1) is 9.31. The molecule has 0 aromatic carbocycles. The number of rotatable bonds is 13. The minimum absolute atomic E-state index is 0.222. The molecule has 0 atom stereocenters. The fourth-order valence-corrected chi connectivity index (χ4v) is 2.01. The monoisotopic (exact) mass is 269 g/mol. The lowest BCUT2D eigenvalue weighted by Crippen LogP contribution is -1.98. The van der Waals surface area contributed by atoms with E-state index in [9.17, 15) is 4.79 Å². The average Bonchev–Trinajstić information content (AvgIpc) is 2.40. The smallest absolute Gasteiger partial charge is 0.330 e. The van der Waals surface area contributed by atoms with E-state index in [-0.39, 0.29) is 5.97 Å². The zero-order valence-electron chi connectivity index (χ0n) is 12.5. The van der Waals surface area contributed by atoms with Gasteiger partial charge in [-0.2, -0.15) is 0 Å². The summed E-state index contributed by atoms with van der Waals surface area (Å²) >= 11 is 0. The summed E-state index contributed by atoms with van der Waals surface area (Å²) in [6.07, 6.45) is 16.0. The molecule has 0 aromatic rings. The Balaban J connectivity index is 3.12. The molecule has 0 heterocycles. The van der Waals surface area contributed by atoms with Crippen LogP contribution in [0, 0.1) is 0 Å².